The van der Waals surface area contributed by atoms with Gasteiger partial charge in [0.15, 0.2) is 0 Å². The molecule has 0 aliphatic carbocycles. The molecule has 0 saturated carbocycles. The Balaban J connectivity index is 2.20. The molecule has 1 fully saturated rings. The van der Waals surface area contributed by atoms with Crippen LogP contribution in [0, 0.1) is 5.92 Å². The minimum Gasteiger partial charge on any atom is -0.383 e. The van der Waals surface area contributed by atoms with Gasteiger partial charge in [-0.15, -0.1) is 0 Å². The standard InChI is InChI=1S/C9H16N2O3/c1-14-5-4-10-9(13)7-2-3-8(12)11-6-7/h7H,2-6H2,1H3,(H,10,13)(H,11,12). The summed E-state index contributed by atoms with van der Waals surface area (Å²) in [6.45, 7) is 1.50. The molecule has 1 rings (SSSR count). The third-order valence-corrected chi connectivity index (χ3v) is 2.24. The molecule has 0 aromatic heterocycles. The van der Waals surface area contributed by atoms with Crippen molar-refractivity contribution in [3.8, 4) is 0 Å². The van der Waals surface area contributed by atoms with Gasteiger partial charge in [0, 0.05) is 26.6 Å². The first-order chi connectivity index (χ1) is 6.74. The van der Waals surface area contributed by atoms with Gasteiger partial charge in [-0.3, -0.25) is 9.59 Å². The second-order valence-electron chi connectivity index (χ2n) is 3.32. The van der Waals surface area contributed by atoms with Crippen LogP contribution in [0.1, 0.15) is 12.8 Å². The highest BCUT2D eigenvalue weighted by Crippen LogP contribution is 2.10. The maximum Gasteiger partial charge on any atom is 0.224 e. The minimum atomic E-state index is -0.0791. The Morgan fingerprint density at radius 3 is 3.07 bits per heavy atom. The van der Waals surface area contributed by atoms with Crippen LogP contribution in [-0.4, -0.2) is 38.6 Å². The first kappa shape index (κ1) is 11.0. The molecule has 1 atom stereocenters. The number of ether oxygens (including phenoxy) is 1. The van der Waals surface area contributed by atoms with Gasteiger partial charge in [0.1, 0.15) is 0 Å². The molecule has 2 N–H and O–H groups in total. The predicted molar refractivity (Wildman–Crippen MR) is 50.6 cm³/mol. The highest BCUT2D eigenvalue weighted by molar-refractivity contribution is 5.83. The number of hydrogen-bond acceptors (Lipinski definition) is 3. The molecule has 0 spiro atoms. The molecule has 1 heterocycles. The predicted octanol–water partition coefficient (Wildman–Crippen LogP) is -0.725. The second-order valence-corrected chi connectivity index (χ2v) is 3.32. The maximum absolute atomic E-state index is 11.5. The van der Waals surface area contributed by atoms with Crippen molar-refractivity contribution < 1.29 is 14.3 Å². The molecule has 80 valence electrons. The number of methoxy groups -OCH3 is 1. The SMILES string of the molecule is COCCNC(=O)C1CCC(=O)NC1. The molecule has 0 bridgehead atoms. The quantitative estimate of drug-likeness (QED) is 0.588. The normalized spacial score (nSPS) is 21.5. The average molecular weight is 200 g/mol. The van der Waals surface area contributed by atoms with E-state index in [2.05, 4.69) is 10.6 Å². The Labute approximate surface area is 83.2 Å². The summed E-state index contributed by atoms with van der Waals surface area (Å²) in [6, 6.07) is 0. The van der Waals surface area contributed by atoms with Crippen molar-refractivity contribution in [1.82, 2.24) is 10.6 Å². The summed E-state index contributed by atoms with van der Waals surface area (Å²) >= 11 is 0. The minimum absolute atomic E-state index is 0.00190. The van der Waals surface area contributed by atoms with Crippen molar-refractivity contribution in [3.63, 3.8) is 0 Å². The summed E-state index contributed by atoms with van der Waals surface area (Å²) in [7, 11) is 1.59. The monoisotopic (exact) mass is 200 g/mol. The number of hydrogen-bond donors (Lipinski definition) is 2. The van der Waals surface area contributed by atoms with E-state index in [9.17, 15) is 9.59 Å². The van der Waals surface area contributed by atoms with Gasteiger partial charge >= 0.3 is 0 Å². The first-order valence-corrected chi connectivity index (χ1v) is 4.77. The highest BCUT2D eigenvalue weighted by Gasteiger charge is 2.23. The van der Waals surface area contributed by atoms with Crippen molar-refractivity contribution in [2.24, 2.45) is 5.92 Å². The van der Waals surface area contributed by atoms with E-state index in [4.69, 9.17) is 4.74 Å². The van der Waals surface area contributed by atoms with E-state index in [1.165, 1.54) is 0 Å². The van der Waals surface area contributed by atoms with Crippen LogP contribution >= 0.6 is 0 Å². The molecule has 0 radical (unpaired) electrons. The van der Waals surface area contributed by atoms with Crippen molar-refractivity contribution >= 4 is 11.8 Å². The Morgan fingerprint density at radius 2 is 2.50 bits per heavy atom. The van der Waals surface area contributed by atoms with Crippen molar-refractivity contribution in [2.75, 3.05) is 26.8 Å². The lowest BCUT2D eigenvalue weighted by atomic mass is 9.98. The van der Waals surface area contributed by atoms with Gasteiger partial charge in [0.05, 0.1) is 12.5 Å². The molecule has 1 saturated heterocycles. The summed E-state index contributed by atoms with van der Waals surface area (Å²) in [6.07, 6.45) is 1.09. The zero-order valence-electron chi connectivity index (χ0n) is 8.34. The molecule has 14 heavy (non-hydrogen) atoms. The van der Waals surface area contributed by atoms with Crippen LogP contribution in [0.3, 0.4) is 0 Å². The third-order valence-electron chi connectivity index (χ3n) is 2.24. The van der Waals surface area contributed by atoms with Gasteiger partial charge in [-0.2, -0.15) is 0 Å². The molecule has 5 heteroatoms. The van der Waals surface area contributed by atoms with Gasteiger partial charge in [0.25, 0.3) is 0 Å². The smallest absolute Gasteiger partial charge is 0.224 e. The maximum atomic E-state index is 11.5. The van der Waals surface area contributed by atoms with Crippen molar-refractivity contribution in [1.29, 1.82) is 0 Å². The van der Waals surface area contributed by atoms with E-state index in [-0.39, 0.29) is 17.7 Å². The van der Waals surface area contributed by atoms with Gasteiger partial charge in [-0.1, -0.05) is 0 Å². The van der Waals surface area contributed by atoms with E-state index in [0.717, 1.165) is 0 Å². The summed E-state index contributed by atoms with van der Waals surface area (Å²) in [5, 5.41) is 5.43. The third kappa shape index (κ3) is 3.33. The van der Waals surface area contributed by atoms with E-state index in [1.54, 1.807) is 7.11 Å². The fourth-order valence-electron chi connectivity index (χ4n) is 1.38. The zero-order chi connectivity index (χ0) is 10.4. The number of amides is 2. The van der Waals surface area contributed by atoms with Gasteiger partial charge in [-0.25, -0.2) is 0 Å². The second kappa shape index (κ2) is 5.59. The van der Waals surface area contributed by atoms with Gasteiger partial charge in [0.2, 0.25) is 11.8 Å². The van der Waals surface area contributed by atoms with Crippen LogP contribution in [0.2, 0.25) is 0 Å². The summed E-state index contributed by atoms with van der Waals surface area (Å²) in [5.41, 5.74) is 0. The lowest BCUT2D eigenvalue weighted by Crippen LogP contribution is -2.43. The molecule has 2 amide bonds. The molecular weight excluding hydrogens is 184 g/mol. The Bertz CT molecular complexity index is 208. The molecular formula is C9H16N2O3. The van der Waals surface area contributed by atoms with Crippen LogP contribution in [0.15, 0.2) is 0 Å². The van der Waals surface area contributed by atoms with Crippen LogP contribution in [0.4, 0.5) is 0 Å². The first-order valence-electron chi connectivity index (χ1n) is 4.77. The summed E-state index contributed by atoms with van der Waals surface area (Å²) in [5.74, 6) is -0.0439. The Morgan fingerprint density at radius 1 is 1.71 bits per heavy atom. The molecule has 1 aliphatic rings. The topological polar surface area (TPSA) is 67.4 Å². The van der Waals surface area contributed by atoms with Crippen molar-refractivity contribution in [2.45, 2.75) is 12.8 Å². The largest absolute Gasteiger partial charge is 0.383 e. The number of nitrogens with one attached hydrogen (secondary N) is 2. The van der Waals surface area contributed by atoms with Crippen LogP contribution in [0.5, 0.6) is 0 Å². The van der Waals surface area contributed by atoms with Crippen LogP contribution in [-0.2, 0) is 14.3 Å². The molecule has 0 aromatic carbocycles. The molecule has 1 aliphatic heterocycles. The molecule has 5 nitrogen and oxygen atoms in total. The number of carbonyl (C=O) groups is 2. The highest BCUT2D eigenvalue weighted by atomic mass is 16.5. The Kier molecular flexibility index (Phi) is 4.39. The summed E-state index contributed by atoms with van der Waals surface area (Å²) in [4.78, 5) is 22.3. The van der Waals surface area contributed by atoms with Crippen LogP contribution < -0.4 is 10.6 Å². The number of carbonyl (C=O) groups excluding carboxylic acids is 2. The fraction of sp³-hybridized carbons (Fsp3) is 0.778. The molecule has 0 aromatic rings. The Hall–Kier alpha value is -1.10. The average Bonchev–Trinajstić information content (AvgIpc) is 2.19. The lowest BCUT2D eigenvalue weighted by Gasteiger charge is -2.21. The lowest BCUT2D eigenvalue weighted by molar-refractivity contribution is -0.129. The van der Waals surface area contributed by atoms with Crippen molar-refractivity contribution in [3.05, 3.63) is 0 Å². The molecule has 1 unspecified atom stereocenters. The van der Waals surface area contributed by atoms with Crippen LogP contribution in [0.25, 0.3) is 0 Å². The van der Waals surface area contributed by atoms with E-state index < -0.39 is 0 Å². The number of rotatable bonds is 4. The summed E-state index contributed by atoms with van der Waals surface area (Å²) < 4.78 is 4.81. The number of piperidine rings is 1. The van der Waals surface area contributed by atoms with E-state index in [1.807, 2.05) is 0 Å². The van der Waals surface area contributed by atoms with E-state index in [0.29, 0.717) is 32.5 Å². The van der Waals surface area contributed by atoms with E-state index >= 15 is 0 Å². The zero-order valence-corrected chi connectivity index (χ0v) is 8.34. The fourth-order valence-corrected chi connectivity index (χ4v) is 1.38. The van der Waals surface area contributed by atoms with Gasteiger partial charge < -0.3 is 15.4 Å². The van der Waals surface area contributed by atoms with Gasteiger partial charge in [-0.05, 0) is 6.42 Å².